The molecule has 0 aromatic rings. The zero-order valence-corrected chi connectivity index (χ0v) is 16.2. The summed E-state index contributed by atoms with van der Waals surface area (Å²) in [7, 11) is 1.85. The van der Waals surface area contributed by atoms with E-state index in [1.807, 2.05) is 20.9 Å². The Labute approximate surface area is 145 Å². The molecule has 3 nitrogen and oxygen atoms in total. The summed E-state index contributed by atoms with van der Waals surface area (Å²) in [5, 5.41) is 23.2. The lowest BCUT2D eigenvalue weighted by Gasteiger charge is -2.31. The number of nitrogens with one attached hydrogen (secondary N) is 1. The van der Waals surface area contributed by atoms with E-state index in [1.165, 1.54) is 64.2 Å². The number of aliphatic hydroxyl groups is 2. The van der Waals surface area contributed by atoms with E-state index in [9.17, 15) is 10.2 Å². The minimum absolute atomic E-state index is 0.335. The lowest BCUT2D eigenvalue weighted by atomic mass is 9.91. The normalized spacial score (nSPS) is 14.9. The van der Waals surface area contributed by atoms with Gasteiger partial charge in [0.25, 0.3) is 0 Å². The van der Waals surface area contributed by atoms with E-state index in [0.29, 0.717) is 6.42 Å². The smallest absolute Gasteiger partial charge is 0.0740 e. The largest absolute Gasteiger partial charge is 0.393 e. The fraction of sp³-hybridized carbons (Fsp3) is 1.00. The maximum atomic E-state index is 10.1. The van der Waals surface area contributed by atoms with Gasteiger partial charge in [0.2, 0.25) is 0 Å². The van der Waals surface area contributed by atoms with Crippen molar-refractivity contribution < 1.29 is 10.2 Å². The van der Waals surface area contributed by atoms with Crippen LogP contribution in [0, 0.1) is 0 Å². The predicted molar refractivity (Wildman–Crippen MR) is 101 cm³/mol. The van der Waals surface area contributed by atoms with Crippen molar-refractivity contribution >= 4 is 0 Å². The molecule has 0 aliphatic carbocycles. The van der Waals surface area contributed by atoms with Crippen LogP contribution in [0.4, 0.5) is 0 Å². The Morgan fingerprint density at radius 3 is 1.65 bits per heavy atom. The number of unbranched alkanes of at least 4 members (excludes halogenated alkanes) is 10. The summed E-state index contributed by atoms with van der Waals surface area (Å²) in [5.41, 5.74) is -0.335. The third-order valence-electron chi connectivity index (χ3n) is 5.11. The Kier molecular flexibility index (Phi) is 14.2. The van der Waals surface area contributed by atoms with Gasteiger partial charge in [-0.15, -0.1) is 0 Å². The molecule has 0 aliphatic heterocycles. The molecule has 0 rings (SSSR count). The molecule has 3 heteroatoms. The van der Waals surface area contributed by atoms with E-state index < -0.39 is 6.10 Å². The second kappa shape index (κ2) is 14.2. The lowest BCUT2D eigenvalue weighted by molar-refractivity contribution is 0.0267. The lowest BCUT2D eigenvalue weighted by Crippen LogP contribution is -2.48. The molecule has 0 spiro atoms. The Morgan fingerprint density at radius 1 is 0.783 bits per heavy atom. The Bertz CT molecular complexity index is 256. The number of hydrogen-bond acceptors (Lipinski definition) is 3. The first-order valence-corrected chi connectivity index (χ1v) is 9.99. The van der Waals surface area contributed by atoms with Crippen LogP contribution in [-0.2, 0) is 0 Å². The van der Waals surface area contributed by atoms with Crippen LogP contribution in [0.25, 0.3) is 0 Å². The summed E-state index contributed by atoms with van der Waals surface area (Å²) in [4.78, 5) is 0. The first-order chi connectivity index (χ1) is 10.9. The average Bonchev–Trinajstić information content (AvgIpc) is 2.52. The van der Waals surface area contributed by atoms with Gasteiger partial charge in [-0.05, 0) is 27.3 Å². The van der Waals surface area contributed by atoms with Crippen molar-refractivity contribution in [3.63, 3.8) is 0 Å². The molecule has 140 valence electrons. The van der Waals surface area contributed by atoms with Crippen molar-refractivity contribution in [2.45, 2.75) is 122 Å². The molecule has 0 aromatic heterocycles. The zero-order chi connectivity index (χ0) is 17.6. The van der Waals surface area contributed by atoms with Gasteiger partial charge in [-0.25, -0.2) is 0 Å². The molecule has 0 unspecified atom stereocenters. The van der Waals surface area contributed by atoms with Gasteiger partial charge in [-0.3, -0.25) is 0 Å². The van der Waals surface area contributed by atoms with Crippen molar-refractivity contribution in [1.29, 1.82) is 0 Å². The van der Waals surface area contributed by atoms with Crippen LogP contribution in [0.5, 0.6) is 0 Å². The highest BCUT2D eigenvalue weighted by Gasteiger charge is 2.27. The Hall–Kier alpha value is -0.120. The molecule has 0 aromatic carbocycles. The monoisotopic (exact) mass is 329 g/mol. The van der Waals surface area contributed by atoms with Crippen LogP contribution in [0.2, 0.25) is 0 Å². The van der Waals surface area contributed by atoms with Gasteiger partial charge in [0.05, 0.1) is 12.2 Å². The number of hydrogen-bond donors (Lipinski definition) is 3. The molecule has 23 heavy (non-hydrogen) atoms. The van der Waals surface area contributed by atoms with Gasteiger partial charge < -0.3 is 15.5 Å². The fourth-order valence-electron chi connectivity index (χ4n) is 2.88. The molecule has 3 N–H and O–H groups in total. The fourth-order valence-corrected chi connectivity index (χ4v) is 2.88. The van der Waals surface area contributed by atoms with Gasteiger partial charge in [0.15, 0.2) is 0 Å². The SMILES string of the molecule is CCCCCCCCCCCCC[C@H](O)C[C@H](O)C(C)(C)NC. The second-order valence-electron chi connectivity index (χ2n) is 7.70. The Morgan fingerprint density at radius 2 is 1.22 bits per heavy atom. The van der Waals surface area contributed by atoms with Crippen molar-refractivity contribution in [2.24, 2.45) is 0 Å². The van der Waals surface area contributed by atoms with E-state index in [2.05, 4.69) is 12.2 Å². The number of aliphatic hydroxyl groups excluding tert-OH is 2. The summed E-state index contributed by atoms with van der Waals surface area (Å²) < 4.78 is 0. The van der Waals surface area contributed by atoms with Crippen LogP contribution < -0.4 is 5.32 Å². The van der Waals surface area contributed by atoms with Crippen LogP contribution in [-0.4, -0.2) is 35.0 Å². The maximum absolute atomic E-state index is 10.1. The third-order valence-corrected chi connectivity index (χ3v) is 5.11. The predicted octanol–water partition coefficient (Wildman–Crippen LogP) is 4.80. The Balaban J connectivity index is 3.41. The van der Waals surface area contributed by atoms with Crippen LogP contribution >= 0.6 is 0 Å². The summed E-state index contributed by atoms with van der Waals surface area (Å²) in [6.45, 7) is 6.19. The van der Waals surface area contributed by atoms with Gasteiger partial charge in [-0.2, -0.15) is 0 Å². The van der Waals surface area contributed by atoms with Gasteiger partial charge in [0, 0.05) is 12.0 Å². The van der Waals surface area contributed by atoms with E-state index in [4.69, 9.17) is 0 Å². The highest BCUT2D eigenvalue weighted by molar-refractivity contribution is 4.85. The molecule has 0 amide bonds. The summed E-state index contributed by atoms with van der Waals surface area (Å²) >= 11 is 0. The molecule has 0 aliphatic rings. The molecule has 2 atom stereocenters. The van der Waals surface area contributed by atoms with E-state index >= 15 is 0 Å². The van der Waals surface area contributed by atoms with E-state index in [0.717, 1.165) is 12.8 Å². The van der Waals surface area contributed by atoms with Gasteiger partial charge >= 0.3 is 0 Å². The van der Waals surface area contributed by atoms with Gasteiger partial charge in [0.1, 0.15) is 0 Å². The van der Waals surface area contributed by atoms with Crippen LogP contribution in [0.3, 0.4) is 0 Å². The van der Waals surface area contributed by atoms with Crippen LogP contribution in [0.1, 0.15) is 104 Å². The van der Waals surface area contributed by atoms with Crippen molar-refractivity contribution in [1.82, 2.24) is 5.32 Å². The number of likely N-dealkylation sites (N-methyl/N-ethyl adjacent to an activating group) is 1. The standard InChI is InChI=1S/C20H43NO2/c1-5-6-7-8-9-10-11-12-13-14-15-16-18(22)17-19(23)20(2,3)21-4/h18-19,21-23H,5-17H2,1-4H3/t18-,19-/m0/s1. The first-order valence-electron chi connectivity index (χ1n) is 9.99. The molecule has 0 bridgehead atoms. The third kappa shape index (κ3) is 12.9. The van der Waals surface area contributed by atoms with E-state index in [1.54, 1.807) is 0 Å². The average molecular weight is 330 g/mol. The molecule has 0 saturated heterocycles. The van der Waals surface area contributed by atoms with Crippen LogP contribution in [0.15, 0.2) is 0 Å². The second-order valence-corrected chi connectivity index (χ2v) is 7.70. The first kappa shape index (κ1) is 22.9. The summed E-state index contributed by atoms with van der Waals surface area (Å²) in [5.74, 6) is 0. The van der Waals surface area contributed by atoms with E-state index in [-0.39, 0.29) is 11.6 Å². The molecule has 0 heterocycles. The van der Waals surface area contributed by atoms with Gasteiger partial charge in [-0.1, -0.05) is 77.6 Å². The van der Waals surface area contributed by atoms with Crippen molar-refractivity contribution in [3.05, 3.63) is 0 Å². The zero-order valence-electron chi connectivity index (χ0n) is 16.2. The highest BCUT2D eigenvalue weighted by Crippen LogP contribution is 2.17. The molecular formula is C20H43NO2. The molecule has 0 fully saturated rings. The number of rotatable bonds is 16. The molecular weight excluding hydrogens is 286 g/mol. The highest BCUT2D eigenvalue weighted by atomic mass is 16.3. The van der Waals surface area contributed by atoms with Crippen molar-refractivity contribution in [2.75, 3.05) is 7.05 Å². The maximum Gasteiger partial charge on any atom is 0.0740 e. The molecule has 0 saturated carbocycles. The minimum atomic E-state index is -0.504. The summed E-state index contributed by atoms with van der Waals surface area (Å²) in [6, 6.07) is 0. The topological polar surface area (TPSA) is 52.5 Å². The van der Waals surface area contributed by atoms with Crippen molar-refractivity contribution in [3.8, 4) is 0 Å². The molecule has 0 radical (unpaired) electrons. The minimum Gasteiger partial charge on any atom is -0.393 e. The summed E-state index contributed by atoms with van der Waals surface area (Å²) in [6.07, 6.45) is 15.0. The quantitative estimate of drug-likeness (QED) is 0.357.